The molecule has 170 valence electrons. The molecule has 4 heterocycles. The van der Waals surface area contributed by atoms with Crippen molar-refractivity contribution in [1.82, 2.24) is 31.0 Å². The van der Waals surface area contributed by atoms with Crippen molar-refractivity contribution in [2.24, 2.45) is 5.92 Å². The Hall–Kier alpha value is -1.35. The molecule has 4 saturated heterocycles. The van der Waals surface area contributed by atoms with Crippen molar-refractivity contribution in [2.45, 2.75) is 37.4 Å². The summed E-state index contributed by atoms with van der Waals surface area (Å²) in [5, 5.41) is 7.70. The van der Waals surface area contributed by atoms with E-state index >= 15 is 0 Å². The van der Waals surface area contributed by atoms with Gasteiger partial charge < -0.3 is 20.4 Å². The number of piperidine rings is 1. The SMILES string of the molecule is O=C(NOC[C@H]1C[C@H](CN2CCNCC2)CN1)C1CCC2CN1C(=O)N2OS(=O)O. The molecular formula is C17H30N6O6S. The molecule has 0 saturated carbocycles. The molecule has 0 aromatic carbocycles. The molecule has 0 aromatic rings. The number of nitrogens with zero attached hydrogens (tertiary/aromatic N) is 3. The van der Waals surface area contributed by atoms with Crippen molar-refractivity contribution in [3.63, 3.8) is 0 Å². The number of piperazine rings is 1. The number of hydroxylamine groups is 3. The normalized spacial score (nSPS) is 33.2. The quantitative estimate of drug-likeness (QED) is 0.253. The van der Waals surface area contributed by atoms with E-state index in [1.54, 1.807) is 0 Å². The minimum absolute atomic E-state index is 0.186. The van der Waals surface area contributed by atoms with Crippen molar-refractivity contribution >= 4 is 23.3 Å². The second-order valence-corrected chi connectivity index (χ2v) is 8.92. The van der Waals surface area contributed by atoms with Crippen LogP contribution in [0.25, 0.3) is 0 Å². The summed E-state index contributed by atoms with van der Waals surface area (Å²) in [6.07, 6.45) is 1.95. The first-order valence-corrected chi connectivity index (χ1v) is 11.5. The van der Waals surface area contributed by atoms with Gasteiger partial charge in [0, 0.05) is 45.3 Å². The number of nitrogens with one attached hydrogen (secondary N) is 3. The molecule has 0 aliphatic carbocycles. The third-order valence-electron chi connectivity index (χ3n) is 6.27. The van der Waals surface area contributed by atoms with E-state index in [4.69, 9.17) is 9.39 Å². The number of rotatable bonds is 8. The summed E-state index contributed by atoms with van der Waals surface area (Å²) in [5.41, 5.74) is 2.47. The summed E-state index contributed by atoms with van der Waals surface area (Å²) in [6, 6.07) is -1.39. The molecular weight excluding hydrogens is 416 g/mol. The smallest absolute Gasteiger partial charge is 0.314 e. The Labute approximate surface area is 178 Å². The van der Waals surface area contributed by atoms with Crippen molar-refractivity contribution in [1.29, 1.82) is 0 Å². The van der Waals surface area contributed by atoms with E-state index in [2.05, 4.69) is 25.3 Å². The Morgan fingerprint density at radius 3 is 2.87 bits per heavy atom. The average Bonchev–Trinajstić information content (AvgIpc) is 3.27. The van der Waals surface area contributed by atoms with E-state index in [1.165, 1.54) is 4.90 Å². The van der Waals surface area contributed by atoms with E-state index in [-0.39, 0.29) is 24.5 Å². The number of fused-ring (bicyclic) bond motifs is 2. The van der Waals surface area contributed by atoms with Crippen LogP contribution in [-0.4, -0.2) is 106 Å². The molecule has 0 aromatic heterocycles. The third-order valence-corrected chi connectivity index (χ3v) is 6.55. The van der Waals surface area contributed by atoms with Crippen molar-refractivity contribution < 1.29 is 27.5 Å². The summed E-state index contributed by atoms with van der Waals surface area (Å²) in [4.78, 5) is 34.2. The van der Waals surface area contributed by atoms with Crippen molar-refractivity contribution in [2.75, 3.05) is 52.4 Å². The lowest BCUT2D eigenvalue weighted by atomic mass is 10.0. The Morgan fingerprint density at radius 1 is 1.30 bits per heavy atom. The van der Waals surface area contributed by atoms with Crippen molar-refractivity contribution in [3.8, 4) is 0 Å². The molecule has 2 bridgehead atoms. The van der Waals surface area contributed by atoms with Gasteiger partial charge in [0.05, 0.1) is 12.6 Å². The van der Waals surface area contributed by atoms with Gasteiger partial charge in [0.2, 0.25) is 0 Å². The maximum atomic E-state index is 12.5. The second kappa shape index (κ2) is 9.85. The van der Waals surface area contributed by atoms with Crippen LogP contribution in [0.5, 0.6) is 0 Å². The first kappa shape index (κ1) is 21.9. The molecule has 4 aliphatic rings. The zero-order chi connectivity index (χ0) is 21.1. The second-order valence-electron chi connectivity index (χ2n) is 8.33. The van der Waals surface area contributed by atoms with Gasteiger partial charge in [0.15, 0.2) is 0 Å². The number of amides is 3. The van der Waals surface area contributed by atoms with E-state index in [1.807, 2.05) is 0 Å². The number of carbonyl (C=O) groups excluding carboxylic acids is 2. The lowest BCUT2D eigenvalue weighted by Gasteiger charge is -2.29. The molecule has 0 spiro atoms. The molecule has 0 radical (unpaired) electrons. The van der Waals surface area contributed by atoms with Crippen LogP contribution >= 0.6 is 0 Å². The predicted octanol–water partition coefficient (Wildman–Crippen LogP) is -1.75. The molecule has 4 fully saturated rings. The van der Waals surface area contributed by atoms with E-state index < -0.39 is 23.4 Å². The maximum Gasteiger partial charge on any atom is 0.346 e. The Kier molecular flexibility index (Phi) is 7.18. The topological polar surface area (TPSA) is 136 Å². The van der Waals surface area contributed by atoms with Gasteiger partial charge in [-0.05, 0) is 31.7 Å². The Morgan fingerprint density at radius 2 is 2.10 bits per heavy atom. The number of carbonyl (C=O) groups is 2. The highest BCUT2D eigenvalue weighted by molar-refractivity contribution is 7.74. The lowest BCUT2D eigenvalue weighted by molar-refractivity contribution is -0.139. The fourth-order valence-electron chi connectivity index (χ4n) is 4.78. The first-order valence-electron chi connectivity index (χ1n) is 10.5. The summed E-state index contributed by atoms with van der Waals surface area (Å²) >= 11 is -2.58. The molecule has 3 unspecified atom stereocenters. The van der Waals surface area contributed by atoms with Gasteiger partial charge in [-0.2, -0.15) is 9.27 Å². The zero-order valence-electron chi connectivity index (χ0n) is 16.8. The van der Waals surface area contributed by atoms with Crippen LogP contribution in [-0.2, 0) is 25.3 Å². The van der Waals surface area contributed by atoms with Crippen LogP contribution in [0.1, 0.15) is 19.3 Å². The monoisotopic (exact) mass is 446 g/mol. The fraction of sp³-hybridized carbons (Fsp3) is 0.882. The van der Waals surface area contributed by atoms with Gasteiger partial charge >= 0.3 is 17.4 Å². The van der Waals surface area contributed by atoms with E-state index in [0.717, 1.165) is 50.8 Å². The van der Waals surface area contributed by atoms with Crippen LogP contribution in [0, 0.1) is 5.92 Å². The molecule has 12 nitrogen and oxygen atoms in total. The van der Waals surface area contributed by atoms with Crippen LogP contribution in [0.3, 0.4) is 0 Å². The first-order chi connectivity index (χ1) is 14.5. The lowest BCUT2D eigenvalue weighted by Crippen LogP contribution is -2.50. The highest BCUT2D eigenvalue weighted by Gasteiger charge is 2.48. The fourth-order valence-corrected chi connectivity index (χ4v) is 5.10. The van der Waals surface area contributed by atoms with Crippen LogP contribution in [0.15, 0.2) is 0 Å². The summed E-state index contributed by atoms with van der Waals surface area (Å²) < 4.78 is 24.4. The molecule has 4 aliphatic heterocycles. The minimum Gasteiger partial charge on any atom is -0.314 e. The van der Waals surface area contributed by atoms with E-state index in [9.17, 15) is 13.8 Å². The van der Waals surface area contributed by atoms with Gasteiger partial charge in [-0.3, -0.25) is 14.2 Å². The van der Waals surface area contributed by atoms with Crippen LogP contribution in [0.4, 0.5) is 4.79 Å². The average molecular weight is 447 g/mol. The highest BCUT2D eigenvalue weighted by Crippen LogP contribution is 2.30. The zero-order valence-corrected chi connectivity index (χ0v) is 17.6. The molecule has 30 heavy (non-hydrogen) atoms. The minimum atomic E-state index is -2.58. The maximum absolute atomic E-state index is 12.5. The van der Waals surface area contributed by atoms with Crippen molar-refractivity contribution in [3.05, 3.63) is 0 Å². The highest BCUT2D eigenvalue weighted by atomic mass is 32.2. The third kappa shape index (κ3) is 5.10. The molecule has 3 amide bonds. The summed E-state index contributed by atoms with van der Waals surface area (Å²) in [6.45, 7) is 6.93. The number of hydrogen-bond acceptors (Lipinski definition) is 8. The molecule has 5 atom stereocenters. The van der Waals surface area contributed by atoms with Gasteiger partial charge in [-0.15, -0.1) is 4.28 Å². The van der Waals surface area contributed by atoms with Gasteiger partial charge in [-0.25, -0.2) is 10.3 Å². The Balaban J connectivity index is 1.17. The number of hydrogen-bond donors (Lipinski definition) is 4. The summed E-state index contributed by atoms with van der Waals surface area (Å²) in [7, 11) is 0. The van der Waals surface area contributed by atoms with Crippen LogP contribution in [0.2, 0.25) is 0 Å². The molecule has 13 heteroatoms. The largest absolute Gasteiger partial charge is 0.346 e. The molecule has 4 rings (SSSR count). The standard InChI is InChI=1S/C17H30N6O6S/c24-16(15-2-1-14-10-22(15)17(25)23(14)29-30(26)27)20-28-11-13-7-12(8-19-13)9-21-5-3-18-4-6-21/h12-15,18-19H,1-11H2,(H,20,24)(H,26,27)/t12-,13+,14?,15?/m0/s1. The van der Waals surface area contributed by atoms with Crippen LogP contribution < -0.4 is 16.1 Å². The van der Waals surface area contributed by atoms with Gasteiger partial charge in [0.25, 0.3) is 5.91 Å². The van der Waals surface area contributed by atoms with Gasteiger partial charge in [-0.1, -0.05) is 0 Å². The van der Waals surface area contributed by atoms with E-state index in [0.29, 0.717) is 25.4 Å². The predicted molar refractivity (Wildman–Crippen MR) is 106 cm³/mol. The summed E-state index contributed by atoms with van der Waals surface area (Å²) in [5.74, 6) is 0.192. The number of urea groups is 1. The Bertz CT molecular complexity index is 665. The van der Waals surface area contributed by atoms with Gasteiger partial charge in [0.1, 0.15) is 6.04 Å². The molecule has 4 N–H and O–H groups in total.